The van der Waals surface area contributed by atoms with Crippen molar-refractivity contribution in [3.05, 3.63) is 71.5 Å². The van der Waals surface area contributed by atoms with Gasteiger partial charge in [0.2, 0.25) is 0 Å². The molecule has 28 heavy (non-hydrogen) atoms. The van der Waals surface area contributed by atoms with Gasteiger partial charge in [0.25, 0.3) is 0 Å². The van der Waals surface area contributed by atoms with Crippen LogP contribution in [0.25, 0.3) is 0 Å². The van der Waals surface area contributed by atoms with E-state index in [4.69, 9.17) is 0 Å². The topological polar surface area (TPSA) is 27.0 Å². The predicted molar refractivity (Wildman–Crippen MR) is 115 cm³/mol. The molecule has 2 rings (SSSR count). The fourth-order valence-electron chi connectivity index (χ4n) is 3.93. The summed E-state index contributed by atoms with van der Waals surface area (Å²) in [6.07, 6.45) is 3.92. The van der Waals surface area contributed by atoms with Crippen molar-refractivity contribution in [1.29, 1.82) is 5.26 Å². The predicted octanol–water partition coefficient (Wildman–Crippen LogP) is 5.98. The molecule has 0 bridgehead atoms. The number of halogens is 1. The van der Waals surface area contributed by atoms with Crippen molar-refractivity contribution in [3.8, 4) is 6.07 Å². The average Bonchev–Trinajstić information content (AvgIpc) is 2.71. The Morgan fingerprint density at radius 2 is 1.68 bits per heavy atom. The van der Waals surface area contributed by atoms with Gasteiger partial charge in [-0.2, -0.15) is 5.26 Å². The molecule has 2 aromatic rings. The summed E-state index contributed by atoms with van der Waals surface area (Å²) in [5.74, 6) is -0.0821. The molecule has 1 atom stereocenters. The third kappa shape index (κ3) is 5.91. The van der Waals surface area contributed by atoms with Gasteiger partial charge in [-0.1, -0.05) is 63.2 Å². The van der Waals surface area contributed by atoms with Crippen LogP contribution in [0.3, 0.4) is 0 Å². The molecule has 0 amide bonds. The summed E-state index contributed by atoms with van der Waals surface area (Å²) in [5, 5.41) is 10.0. The molecule has 150 valence electrons. The minimum Gasteiger partial charge on any atom is -0.303 e. The molecule has 2 aromatic carbocycles. The van der Waals surface area contributed by atoms with Gasteiger partial charge in [0.1, 0.15) is 5.82 Å². The fraction of sp³-hybridized carbons (Fsp3) is 0.480. The lowest BCUT2D eigenvalue weighted by Crippen LogP contribution is -2.33. The highest BCUT2D eigenvalue weighted by Crippen LogP contribution is 2.36. The van der Waals surface area contributed by atoms with Crippen molar-refractivity contribution in [3.63, 3.8) is 0 Å². The van der Waals surface area contributed by atoms with Gasteiger partial charge in [0, 0.05) is 6.54 Å². The maximum atomic E-state index is 13.4. The molecular weight excluding hydrogens is 347 g/mol. The van der Waals surface area contributed by atoms with Crippen molar-refractivity contribution in [2.45, 2.75) is 51.9 Å². The minimum absolute atomic E-state index is 0.173. The Morgan fingerprint density at radius 3 is 2.25 bits per heavy atom. The lowest BCUT2D eigenvalue weighted by Gasteiger charge is -2.32. The van der Waals surface area contributed by atoms with E-state index in [0.717, 1.165) is 50.9 Å². The molecule has 0 aliphatic carbocycles. The summed E-state index contributed by atoms with van der Waals surface area (Å²) >= 11 is 0. The molecule has 0 saturated carbocycles. The van der Waals surface area contributed by atoms with E-state index < -0.39 is 5.41 Å². The van der Waals surface area contributed by atoms with Gasteiger partial charge in [0.15, 0.2) is 0 Å². The zero-order chi connectivity index (χ0) is 20.4. The van der Waals surface area contributed by atoms with Gasteiger partial charge >= 0.3 is 0 Å². The minimum atomic E-state index is -0.564. The van der Waals surface area contributed by atoms with Gasteiger partial charge in [-0.3, -0.25) is 0 Å². The summed E-state index contributed by atoms with van der Waals surface area (Å²) in [4.78, 5) is 2.50. The largest absolute Gasteiger partial charge is 0.303 e. The molecule has 0 saturated heterocycles. The maximum absolute atomic E-state index is 13.4. The first kappa shape index (κ1) is 22.1. The van der Waals surface area contributed by atoms with Gasteiger partial charge in [-0.15, -0.1) is 0 Å². The van der Waals surface area contributed by atoms with Crippen molar-refractivity contribution in [2.24, 2.45) is 5.92 Å². The second kappa shape index (κ2) is 11.0. The summed E-state index contributed by atoms with van der Waals surface area (Å²) in [6, 6.07) is 19.6. The summed E-state index contributed by atoms with van der Waals surface area (Å²) < 4.78 is 13.4. The number of nitriles is 1. The van der Waals surface area contributed by atoms with E-state index in [-0.39, 0.29) is 11.7 Å². The highest BCUT2D eigenvalue weighted by molar-refractivity contribution is 5.33. The summed E-state index contributed by atoms with van der Waals surface area (Å²) in [6.45, 7) is 9.48. The molecule has 0 radical (unpaired) electrons. The van der Waals surface area contributed by atoms with E-state index in [1.54, 1.807) is 12.1 Å². The Hall–Kier alpha value is -2.18. The number of rotatable bonds is 11. The second-order valence-corrected chi connectivity index (χ2v) is 7.93. The molecule has 0 aliphatic rings. The van der Waals surface area contributed by atoms with E-state index in [0.29, 0.717) is 0 Å². The molecule has 0 aliphatic heterocycles. The van der Waals surface area contributed by atoms with E-state index >= 15 is 0 Å². The number of hydrogen-bond acceptors (Lipinski definition) is 2. The quantitative estimate of drug-likeness (QED) is 0.479. The third-order valence-electron chi connectivity index (χ3n) is 5.69. The second-order valence-electron chi connectivity index (χ2n) is 7.93. The molecule has 2 nitrogen and oxygen atoms in total. The Bertz CT molecular complexity index is 733. The van der Waals surface area contributed by atoms with Crippen LogP contribution in [0.2, 0.25) is 0 Å². The SMILES string of the molecule is CCCN(CCCC(C#N)(c1ccc(F)cc1)C(C)C)CCc1ccccc1. The van der Waals surface area contributed by atoms with Crippen molar-refractivity contribution >= 4 is 0 Å². The zero-order valence-corrected chi connectivity index (χ0v) is 17.5. The Balaban J connectivity index is 2.00. The zero-order valence-electron chi connectivity index (χ0n) is 17.5. The fourth-order valence-corrected chi connectivity index (χ4v) is 3.93. The number of hydrogen-bond donors (Lipinski definition) is 0. The van der Waals surface area contributed by atoms with Crippen molar-refractivity contribution < 1.29 is 4.39 Å². The maximum Gasteiger partial charge on any atom is 0.123 e. The van der Waals surface area contributed by atoms with Crippen LogP contribution >= 0.6 is 0 Å². The lowest BCUT2D eigenvalue weighted by atomic mass is 9.70. The third-order valence-corrected chi connectivity index (χ3v) is 5.69. The van der Waals surface area contributed by atoms with Crippen molar-refractivity contribution in [1.82, 2.24) is 4.90 Å². The number of benzene rings is 2. The molecular formula is C25H33FN2. The van der Waals surface area contributed by atoms with Crippen LogP contribution in [0, 0.1) is 23.1 Å². The monoisotopic (exact) mass is 380 g/mol. The summed E-state index contributed by atoms with van der Waals surface area (Å²) in [5.41, 5.74) is 1.73. The molecule has 3 heteroatoms. The van der Waals surface area contributed by atoms with Crippen LogP contribution in [0.4, 0.5) is 4.39 Å². The molecule has 0 N–H and O–H groups in total. The molecule has 1 unspecified atom stereocenters. The average molecular weight is 381 g/mol. The van der Waals surface area contributed by atoms with Crippen LogP contribution in [0.1, 0.15) is 51.2 Å². The Labute approximate surface area is 170 Å². The number of nitrogens with zero attached hydrogens (tertiary/aromatic N) is 2. The molecule has 0 spiro atoms. The van der Waals surface area contributed by atoms with Crippen LogP contribution < -0.4 is 0 Å². The van der Waals surface area contributed by atoms with Crippen LogP contribution in [0.15, 0.2) is 54.6 Å². The van der Waals surface area contributed by atoms with Crippen LogP contribution in [0.5, 0.6) is 0 Å². The smallest absolute Gasteiger partial charge is 0.123 e. The lowest BCUT2D eigenvalue weighted by molar-refractivity contribution is 0.254. The highest BCUT2D eigenvalue weighted by atomic mass is 19.1. The van der Waals surface area contributed by atoms with E-state index in [2.05, 4.69) is 62.1 Å². The Kier molecular flexibility index (Phi) is 8.67. The summed E-state index contributed by atoms with van der Waals surface area (Å²) in [7, 11) is 0. The van der Waals surface area contributed by atoms with Crippen molar-refractivity contribution in [2.75, 3.05) is 19.6 Å². The first-order chi connectivity index (χ1) is 13.5. The van der Waals surface area contributed by atoms with Gasteiger partial charge < -0.3 is 4.90 Å². The first-order valence-corrected chi connectivity index (χ1v) is 10.5. The van der Waals surface area contributed by atoms with E-state index in [9.17, 15) is 9.65 Å². The first-order valence-electron chi connectivity index (χ1n) is 10.5. The van der Waals surface area contributed by atoms with Gasteiger partial charge in [-0.25, -0.2) is 4.39 Å². The van der Waals surface area contributed by atoms with E-state index in [1.165, 1.54) is 17.7 Å². The van der Waals surface area contributed by atoms with Crippen LogP contribution in [-0.2, 0) is 11.8 Å². The van der Waals surface area contributed by atoms with Gasteiger partial charge in [0.05, 0.1) is 11.5 Å². The van der Waals surface area contributed by atoms with Gasteiger partial charge in [-0.05, 0) is 68.0 Å². The normalized spacial score (nSPS) is 13.5. The molecule has 0 aromatic heterocycles. The standard InChI is InChI=1S/C25H33FN2/c1-4-17-28(19-15-22-9-6-5-7-10-22)18-8-16-25(20-27,21(2)3)23-11-13-24(26)14-12-23/h5-7,9-14,21H,4,8,15-19H2,1-3H3. The van der Waals surface area contributed by atoms with Crippen LogP contribution in [-0.4, -0.2) is 24.5 Å². The Morgan fingerprint density at radius 1 is 1.00 bits per heavy atom. The molecule has 0 heterocycles. The molecule has 0 fully saturated rings. The van der Waals surface area contributed by atoms with E-state index in [1.807, 2.05) is 0 Å². The highest BCUT2D eigenvalue weighted by Gasteiger charge is 2.35.